The van der Waals surface area contributed by atoms with Gasteiger partial charge in [0.05, 0.1) is 13.2 Å². The molecule has 1 heteroatoms. The van der Waals surface area contributed by atoms with E-state index in [0.29, 0.717) is 0 Å². The summed E-state index contributed by atoms with van der Waals surface area (Å²) in [6, 6.07) is 0. The van der Waals surface area contributed by atoms with Crippen molar-refractivity contribution in [2.45, 2.75) is 78.1 Å². The van der Waals surface area contributed by atoms with Crippen LogP contribution in [-0.4, -0.2) is 13.2 Å². The van der Waals surface area contributed by atoms with E-state index in [1.807, 2.05) is 0 Å². The first-order valence-corrected chi connectivity index (χ1v) is 9.18. The van der Waals surface area contributed by atoms with Gasteiger partial charge >= 0.3 is 0 Å². The molecule has 0 atom stereocenters. The molecule has 2 fully saturated rings. The molecular formula is C20H34O. The van der Waals surface area contributed by atoms with Gasteiger partial charge in [0.1, 0.15) is 0 Å². The largest absolute Gasteiger partial charge is 0.373 e. The first-order valence-electron chi connectivity index (χ1n) is 9.18. The molecule has 0 amide bonds. The Morgan fingerprint density at radius 2 is 1.10 bits per heavy atom. The quantitative estimate of drug-likeness (QED) is 0.427. The summed E-state index contributed by atoms with van der Waals surface area (Å²) < 4.78 is 5.80. The van der Waals surface area contributed by atoms with Gasteiger partial charge in [0.15, 0.2) is 0 Å². The minimum absolute atomic E-state index is 0.788. The van der Waals surface area contributed by atoms with Gasteiger partial charge in [-0.25, -0.2) is 0 Å². The van der Waals surface area contributed by atoms with Crippen LogP contribution in [-0.2, 0) is 4.74 Å². The third-order valence-electron chi connectivity index (χ3n) is 5.54. The summed E-state index contributed by atoms with van der Waals surface area (Å²) in [4.78, 5) is 0. The van der Waals surface area contributed by atoms with E-state index in [1.165, 1.54) is 64.2 Å². The third-order valence-corrected chi connectivity index (χ3v) is 5.54. The Morgan fingerprint density at radius 3 is 1.48 bits per heavy atom. The molecule has 2 aliphatic carbocycles. The van der Waals surface area contributed by atoms with Crippen LogP contribution < -0.4 is 0 Å². The number of rotatable bonds is 6. The predicted molar refractivity (Wildman–Crippen MR) is 91.5 cm³/mol. The Morgan fingerprint density at radius 1 is 0.714 bits per heavy atom. The molecule has 1 nitrogen and oxygen atoms in total. The molecule has 0 aromatic carbocycles. The normalized spacial score (nSPS) is 23.5. The molecule has 0 radical (unpaired) electrons. The molecule has 0 spiro atoms. The van der Waals surface area contributed by atoms with Crippen molar-refractivity contribution in [3.05, 3.63) is 23.3 Å². The summed E-state index contributed by atoms with van der Waals surface area (Å²) in [7, 11) is 0. The zero-order chi connectivity index (χ0) is 14.9. The molecule has 0 saturated heterocycles. The Bertz CT molecular complexity index is 307. The standard InChI is InChI=1S/C20H34O/c1-17(19-9-5-3-6-10-19)13-15-21-16-14-18(2)20-11-7-4-8-12-20/h13-14,19-20H,3-12,15-16H2,1-2H3. The maximum Gasteiger partial charge on any atom is 0.0654 e. The van der Waals surface area contributed by atoms with Gasteiger partial charge in [-0.3, -0.25) is 0 Å². The van der Waals surface area contributed by atoms with E-state index in [-0.39, 0.29) is 0 Å². The highest BCUT2D eigenvalue weighted by Gasteiger charge is 2.15. The molecular weight excluding hydrogens is 256 g/mol. The summed E-state index contributed by atoms with van der Waals surface area (Å²) in [5.74, 6) is 1.67. The molecule has 2 saturated carbocycles. The van der Waals surface area contributed by atoms with E-state index >= 15 is 0 Å². The average molecular weight is 290 g/mol. The van der Waals surface area contributed by atoms with Gasteiger partial charge in [-0.1, -0.05) is 61.8 Å². The van der Waals surface area contributed by atoms with E-state index < -0.39 is 0 Å². The second-order valence-corrected chi connectivity index (χ2v) is 7.10. The van der Waals surface area contributed by atoms with Crippen LogP contribution >= 0.6 is 0 Å². The zero-order valence-electron chi connectivity index (χ0n) is 14.2. The van der Waals surface area contributed by atoms with Crippen LogP contribution in [0.1, 0.15) is 78.1 Å². The van der Waals surface area contributed by atoms with Crippen molar-refractivity contribution < 1.29 is 4.74 Å². The van der Waals surface area contributed by atoms with Crippen LogP contribution in [0.25, 0.3) is 0 Å². The highest BCUT2D eigenvalue weighted by atomic mass is 16.5. The fourth-order valence-corrected chi connectivity index (χ4v) is 3.90. The minimum atomic E-state index is 0.788. The van der Waals surface area contributed by atoms with Crippen molar-refractivity contribution in [2.75, 3.05) is 13.2 Å². The lowest BCUT2D eigenvalue weighted by atomic mass is 9.84. The fraction of sp³-hybridized carbons (Fsp3) is 0.800. The van der Waals surface area contributed by atoms with Crippen molar-refractivity contribution in [1.82, 2.24) is 0 Å². The molecule has 2 aliphatic rings. The van der Waals surface area contributed by atoms with Gasteiger partial charge in [-0.05, 0) is 51.4 Å². The van der Waals surface area contributed by atoms with Crippen molar-refractivity contribution in [1.29, 1.82) is 0 Å². The Kier molecular flexibility index (Phi) is 7.57. The van der Waals surface area contributed by atoms with E-state index in [9.17, 15) is 0 Å². The van der Waals surface area contributed by atoms with Crippen LogP contribution in [0.15, 0.2) is 23.3 Å². The lowest BCUT2D eigenvalue weighted by molar-refractivity contribution is 0.191. The molecule has 21 heavy (non-hydrogen) atoms. The number of hydrogen-bond acceptors (Lipinski definition) is 1. The predicted octanol–water partition coefficient (Wildman–Crippen LogP) is 6.06. The molecule has 2 rings (SSSR count). The average Bonchev–Trinajstić information content (AvgIpc) is 2.55. The van der Waals surface area contributed by atoms with Crippen molar-refractivity contribution >= 4 is 0 Å². The molecule has 0 aromatic rings. The fourth-order valence-electron chi connectivity index (χ4n) is 3.90. The smallest absolute Gasteiger partial charge is 0.0654 e. The first-order chi connectivity index (χ1) is 10.3. The zero-order valence-corrected chi connectivity index (χ0v) is 14.2. The summed E-state index contributed by atoms with van der Waals surface area (Å²) in [6.07, 6.45) is 18.7. The third kappa shape index (κ3) is 5.98. The Hall–Kier alpha value is -0.560. The minimum Gasteiger partial charge on any atom is -0.373 e. The lowest BCUT2D eigenvalue weighted by Gasteiger charge is -2.22. The van der Waals surface area contributed by atoms with Gasteiger partial charge < -0.3 is 4.74 Å². The van der Waals surface area contributed by atoms with Crippen LogP contribution in [0.2, 0.25) is 0 Å². The Labute approximate surface area is 131 Å². The highest BCUT2D eigenvalue weighted by Crippen LogP contribution is 2.30. The van der Waals surface area contributed by atoms with Crippen LogP contribution in [0.5, 0.6) is 0 Å². The van der Waals surface area contributed by atoms with Crippen LogP contribution in [0, 0.1) is 11.8 Å². The number of allylic oxidation sites excluding steroid dienone is 2. The van der Waals surface area contributed by atoms with Crippen LogP contribution in [0.4, 0.5) is 0 Å². The van der Waals surface area contributed by atoms with Gasteiger partial charge in [-0.15, -0.1) is 0 Å². The number of hydrogen-bond donors (Lipinski definition) is 0. The molecule has 0 unspecified atom stereocenters. The van der Waals surface area contributed by atoms with E-state index in [1.54, 1.807) is 11.1 Å². The lowest BCUT2D eigenvalue weighted by Crippen LogP contribution is -2.09. The Balaban J connectivity index is 1.64. The van der Waals surface area contributed by atoms with E-state index in [0.717, 1.165) is 25.0 Å². The van der Waals surface area contributed by atoms with Gasteiger partial charge in [-0.2, -0.15) is 0 Å². The number of ether oxygens (including phenoxy) is 1. The van der Waals surface area contributed by atoms with E-state index in [4.69, 9.17) is 4.74 Å². The molecule has 120 valence electrons. The highest BCUT2D eigenvalue weighted by molar-refractivity contribution is 5.06. The van der Waals surface area contributed by atoms with Gasteiger partial charge in [0.25, 0.3) is 0 Å². The second kappa shape index (κ2) is 9.46. The van der Waals surface area contributed by atoms with Gasteiger partial charge in [0, 0.05) is 0 Å². The molecule has 0 bridgehead atoms. The van der Waals surface area contributed by atoms with Crippen molar-refractivity contribution in [2.24, 2.45) is 11.8 Å². The SMILES string of the molecule is CC(=CCOCC=C(C)C1CCCCC1)C1CCCCC1. The maximum atomic E-state index is 5.80. The summed E-state index contributed by atoms with van der Waals surface area (Å²) in [6.45, 7) is 6.17. The molecule has 0 aliphatic heterocycles. The van der Waals surface area contributed by atoms with Crippen molar-refractivity contribution in [3.8, 4) is 0 Å². The second-order valence-electron chi connectivity index (χ2n) is 7.10. The summed E-state index contributed by atoms with van der Waals surface area (Å²) in [5.41, 5.74) is 3.12. The molecule has 0 aromatic heterocycles. The molecule has 0 N–H and O–H groups in total. The summed E-state index contributed by atoms with van der Waals surface area (Å²) >= 11 is 0. The summed E-state index contributed by atoms with van der Waals surface area (Å²) in [5, 5.41) is 0. The maximum absolute atomic E-state index is 5.80. The van der Waals surface area contributed by atoms with Crippen LogP contribution in [0.3, 0.4) is 0 Å². The topological polar surface area (TPSA) is 9.23 Å². The monoisotopic (exact) mass is 290 g/mol. The van der Waals surface area contributed by atoms with Crippen molar-refractivity contribution in [3.63, 3.8) is 0 Å². The molecule has 0 heterocycles. The van der Waals surface area contributed by atoms with E-state index in [2.05, 4.69) is 26.0 Å². The first kappa shape index (κ1) is 16.8. The van der Waals surface area contributed by atoms with Gasteiger partial charge in [0.2, 0.25) is 0 Å².